The van der Waals surface area contributed by atoms with Crippen molar-refractivity contribution >= 4 is 0 Å². The number of hydrogen-bond donors (Lipinski definition) is 1. The SMILES string of the molecule is [CH2]NC(Cc1ccccc1)c1ccccc1. The van der Waals surface area contributed by atoms with E-state index in [4.69, 9.17) is 0 Å². The highest BCUT2D eigenvalue weighted by atomic mass is 14.9. The molecule has 1 N–H and O–H groups in total. The minimum atomic E-state index is 0.281. The molecule has 0 bridgehead atoms. The van der Waals surface area contributed by atoms with Gasteiger partial charge in [-0.25, -0.2) is 0 Å². The summed E-state index contributed by atoms with van der Waals surface area (Å²) in [7, 11) is 3.81. The van der Waals surface area contributed by atoms with Gasteiger partial charge in [0, 0.05) is 13.1 Å². The Morgan fingerprint density at radius 3 is 2.00 bits per heavy atom. The van der Waals surface area contributed by atoms with Gasteiger partial charge in [0.15, 0.2) is 0 Å². The van der Waals surface area contributed by atoms with Gasteiger partial charge in [0.05, 0.1) is 0 Å². The van der Waals surface area contributed by atoms with Crippen LogP contribution in [0.3, 0.4) is 0 Å². The van der Waals surface area contributed by atoms with E-state index < -0.39 is 0 Å². The summed E-state index contributed by atoms with van der Waals surface area (Å²) >= 11 is 0. The maximum Gasteiger partial charge on any atom is 0.0361 e. The Bertz CT molecular complexity index is 408. The summed E-state index contributed by atoms with van der Waals surface area (Å²) in [5.74, 6) is 0. The van der Waals surface area contributed by atoms with E-state index in [1.807, 2.05) is 12.1 Å². The Labute approximate surface area is 97.1 Å². The molecule has 0 aliphatic carbocycles. The van der Waals surface area contributed by atoms with Gasteiger partial charge in [-0.2, -0.15) is 0 Å². The van der Waals surface area contributed by atoms with Crippen molar-refractivity contribution in [3.8, 4) is 0 Å². The molecule has 0 saturated carbocycles. The molecule has 1 heteroatoms. The average Bonchev–Trinajstić information content (AvgIpc) is 2.38. The molecule has 81 valence electrons. The van der Waals surface area contributed by atoms with Gasteiger partial charge in [-0.3, -0.25) is 0 Å². The zero-order chi connectivity index (χ0) is 11.2. The van der Waals surface area contributed by atoms with Gasteiger partial charge in [-0.05, 0) is 17.5 Å². The second-order valence-electron chi connectivity index (χ2n) is 3.86. The zero-order valence-electron chi connectivity index (χ0n) is 9.27. The summed E-state index contributed by atoms with van der Waals surface area (Å²) in [6.07, 6.45) is 0.967. The molecule has 1 atom stereocenters. The first-order valence-electron chi connectivity index (χ1n) is 5.51. The van der Waals surface area contributed by atoms with E-state index in [0.717, 1.165) is 6.42 Å². The summed E-state index contributed by atoms with van der Waals surface area (Å²) in [5, 5.41) is 3.12. The fourth-order valence-corrected chi connectivity index (χ4v) is 1.84. The molecule has 0 saturated heterocycles. The molecular formula is C15H16N. The lowest BCUT2D eigenvalue weighted by Gasteiger charge is -2.16. The van der Waals surface area contributed by atoms with Crippen molar-refractivity contribution in [3.63, 3.8) is 0 Å². The highest BCUT2D eigenvalue weighted by Gasteiger charge is 2.08. The largest absolute Gasteiger partial charge is 0.308 e. The van der Waals surface area contributed by atoms with Crippen molar-refractivity contribution in [2.75, 3.05) is 0 Å². The molecule has 1 radical (unpaired) electrons. The van der Waals surface area contributed by atoms with Gasteiger partial charge < -0.3 is 5.32 Å². The molecule has 0 heterocycles. The predicted molar refractivity (Wildman–Crippen MR) is 67.8 cm³/mol. The van der Waals surface area contributed by atoms with Crippen molar-refractivity contribution in [1.82, 2.24) is 5.32 Å². The fourth-order valence-electron chi connectivity index (χ4n) is 1.84. The summed E-state index contributed by atoms with van der Waals surface area (Å²) in [6, 6.07) is 21.2. The van der Waals surface area contributed by atoms with Crippen molar-refractivity contribution < 1.29 is 0 Å². The highest BCUT2D eigenvalue weighted by Crippen LogP contribution is 2.17. The first-order chi connectivity index (χ1) is 7.90. The molecule has 0 aromatic heterocycles. The van der Waals surface area contributed by atoms with Crippen LogP contribution in [0.4, 0.5) is 0 Å². The molecule has 16 heavy (non-hydrogen) atoms. The second kappa shape index (κ2) is 5.47. The van der Waals surface area contributed by atoms with E-state index in [1.165, 1.54) is 11.1 Å². The lowest BCUT2D eigenvalue weighted by Crippen LogP contribution is -2.16. The first kappa shape index (κ1) is 10.9. The van der Waals surface area contributed by atoms with Crippen molar-refractivity contribution in [1.29, 1.82) is 0 Å². The van der Waals surface area contributed by atoms with E-state index in [1.54, 1.807) is 0 Å². The van der Waals surface area contributed by atoms with Crippen molar-refractivity contribution in [3.05, 3.63) is 78.8 Å². The Hall–Kier alpha value is -1.60. The van der Waals surface area contributed by atoms with E-state index in [0.29, 0.717) is 0 Å². The number of rotatable bonds is 4. The van der Waals surface area contributed by atoms with E-state index in [2.05, 4.69) is 60.9 Å². The van der Waals surface area contributed by atoms with Crippen LogP contribution in [0.15, 0.2) is 60.7 Å². The molecule has 0 aliphatic rings. The van der Waals surface area contributed by atoms with Crippen LogP contribution >= 0.6 is 0 Å². The Morgan fingerprint density at radius 2 is 1.44 bits per heavy atom. The third-order valence-corrected chi connectivity index (χ3v) is 2.73. The molecule has 0 aliphatic heterocycles. The maximum atomic E-state index is 3.81. The average molecular weight is 210 g/mol. The minimum absolute atomic E-state index is 0.281. The molecule has 1 nitrogen and oxygen atoms in total. The van der Waals surface area contributed by atoms with Gasteiger partial charge in [0.2, 0.25) is 0 Å². The third kappa shape index (κ3) is 2.71. The molecular weight excluding hydrogens is 194 g/mol. The van der Waals surface area contributed by atoms with Crippen LogP contribution in [0.25, 0.3) is 0 Å². The molecule has 2 rings (SSSR count). The third-order valence-electron chi connectivity index (χ3n) is 2.73. The van der Waals surface area contributed by atoms with Gasteiger partial charge >= 0.3 is 0 Å². The van der Waals surface area contributed by atoms with Crippen molar-refractivity contribution in [2.45, 2.75) is 12.5 Å². The Balaban J connectivity index is 2.13. The molecule has 1 unspecified atom stereocenters. The van der Waals surface area contributed by atoms with E-state index in [-0.39, 0.29) is 6.04 Å². The topological polar surface area (TPSA) is 12.0 Å². The molecule has 0 spiro atoms. The molecule has 0 amide bonds. The van der Waals surface area contributed by atoms with Crippen LogP contribution in [0.2, 0.25) is 0 Å². The Morgan fingerprint density at radius 1 is 0.875 bits per heavy atom. The second-order valence-corrected chi connectivity index (χ2v) is 3.86. The fraction of sp³-hybridized carbons (Fsp3) is 0.133. The van der Waals surface area contributed by atoms with Gasteiger partial charge in [-0.1, -0.05) is 60.7 Å². The smallest absolute Gasteiger partial charge is 0.0361 e. The first-order valence-corrected chi connectivity index (χ1v) is 5.51. The summed E-state index contributed by atoms with van der Waals surface area (Å²) < 4.78 is 0. The molecule has 0 fully saturated rings. The lowest BCUT2D eigenvalue weighted by atomic mass is 9.99. The van der Waals surface area contributed by atoms with Gasteiger partial charge in [0.25, 0.3) is 0 Å². The molecule has 2 aromatic carbocycles. The van der Waals surface area contributed by atoms with Crippen LogP contribution in [-0.2, 0) is 6.42 Å². The summed E-state index contributed by atoms with van der Waals surface area (Å²) in [6.45, 7) is 0. The number of hydrogen-bond acceptors (Lipinski definition) is 1. The van der Waals surface area contributed by atoms with Crippen LogP contribution in [-0.4, -0.2) is 0 Å². The van der Waals surface area contributed by atoms with Crippen LogP contribution in [0.5, 0.6) is 0 Å². The number of nitrogens with one attached hydrogen (secondary N) is 1. The summed E-state index contributed by atoms with van der Waals surface area (Å²) in [4.78, 5) is 0. The quantitative estimate of drug-likeness (QED) is 0.816. The predicted octanol–water partition coefficient (Wildman–Crippen LogP) is 3.35. The van der Waals surface area contributed by atoms with E-state index in [9.17, 15) is 0 Å². The van der Waals surface area contributed by atoms with Crippen LogP contribution in [0.1, 0.15) is 17.2 Å². The normalized spacial score (nSPS) is 12.3. The minimum Gasteiger partial charge on any atom is -0.308 e. The standard InChI is InChI=1S/C15H16N/c1-16-15(14-10-6-3-7-11-14)12-13-8-4-2-5-9-13/h2-11,15-16H,1,12H2. The number of benzene rings is 2. The molecule has 2 aromatic rings. The van der Waals surface area contributed by atoms with Gasteiger partial charge in [0.1, 0.15) is 0 Å². The van der Waals surface area contributed by atoms with Crippen LogP contribution in [0, 0.1) is 7.05 Å². The Kier molecular flexibility index (Phi) is 3.73. The van der Waals surface area contributed by atoms with Crippen molar-refractivity contribution in [2.24, 2.45) is 0 Å². The van der Waals surface area contributed by atoms with Gasteiger partial charge in [-0.15, -0.1) is 0 Å². The highest BCUT2D eigenvalue weighted by molar-refractivity contribution is 5.23. The lowest BCUT2D eigenvalue weighted by molar-refractivity contribution is 0.616. The van der Waals surface area contributed by atoms with Crippen LogP contribution < -0.4 is 5.32 Å². The maximum absolute atomic E-state index is 3.81. The van der Waals surface area contributed by atoms with E-state index >= 15 is 0 Å². The zero-order valence-corrected chi connectivity index (χ0v) is 9.27. The summed E-state index contributed by atoms with van der Waals surface area (Å²) in [5.41, 5.74) is 2.61. The monoisotopic (exact) mass is 210 g/mol.